The first-order valence-corrected chi connectivity index (χ1v) is 5.07. The van der Waals surface area contributed by atoms with Crippen molar-refractivity contribution in [3.8, 4) is 0 Å². The lowest BCUT2D eigenvalue weighted by Gasteiger charge is -2.30. The Morgan fingerprint density at radius 1 is 1.38 bits per heavy atom. The molecule has 1 saturated heterocycles. The Labute approximate surface area is 79.0 Å². The standard InChI is InChI=1S/C10H17NO2/c1-13-10(12)7-11-5-8-2-3-9(4-8)6-11/h8-9H,2-7H2,1H3. The first-order valence-electron chi connectivity index (χ1n) is 5.07. The number of methoxy groups -OCH3 is 1. The molecule has 3 heteroatoms. The predicted octanol–water partition coefficient (Wildman–Crippen LogP) is 0.891. The van der Waals surface area contributed by atoms with Crippen LogP contribution in [0, 0.1) is 11.8 Å². The van der Waals surface area contributed by atoms with Gasteiger partial charge in [-0.05, 0) is 31.1 Å². The van der Waals surface area contributed by atoms with Crippen LogP contribution in [0.15, 0.2) is 0 Å². The molecule has 0 aromatic heterocycles. The number of esters is 1. The zero-order valence-corrected chi connectivity index (χ0v) is 8.16. The molecule has 2 fully saturated rings. The molecule has 0 amide bonds. The van der Waals surface area contributed by atoms with Gasteiger partial charge in [0.2, 0.25) is 0 Å². The molecule has 2 rings (SSSR count). The number of carbonyl (C=O) groups excluding carboxylic acids is 1. The van der Waals surface area contributed by atoms with Gasteiger partial charge >= 0.3 is 5.97 Å². The highest BCUT2D eigenvalue weighted by molar-refractivity contribution is 5.71. The number of hydrogen-bond donors (Lipinski definition) is 0. The van der Waals surface area contributed by atoms with Crippen molar-refractivity contribution in [2.75, 3.05) is 26.7 Å². The summed E-state index contributed by atoms with van der Waals surface area (Å²) in [5.41, 5.74) is 0. The average molecular weight is 183 g/mol. The number of ether oxygens (including phenoxy) is 1. The Bertz CT molecular complexity index is 193. The molecule has 0 N–H and O–H groups in total. The van der Waals surface area contributed by atoms with Gasteiger partial charge in [0.15, 0.2) is 0 Å². The van der Waals surface area contributed by atoms with E-state index in [-0.39, 0.29) is 5.97 Å². The van der Waals surface area contributed by atoms with Crippen LogP contribution >= 0.6 is 0 Å². The molecule has 1 aliphatic carbocycles. The normalized spacial score (nSPS) is 33.3. The van der Waals surface area contributed by atoms with E-state index in [0.29, 0.717) is 6.54 Å². The van der Waals surface area contributed by atoms with E-state index in [2.05, 4.69) is 9.64 Å². The molecular formula is C10H17NO2. The van der Waals surface area contributed by atoms with Crippen LogP contribution in [0.2, 0.25) is 0 Å². The number of hydrogen-bond acceptors (Lipinski definition) is 3. The number of piperidine rings is 1. The van der Waals surface area contributed by atoms with E-state index >= 15 is 0 Å². The third-order valence-corrected chi connectivity index (χ3v) is 3.26. The second-order valence-electron chi connectivity index (χ2n) is 4.32. The van der Waals surface area contributed by atoms with Crippen LogP contribution in [0.25, 0.3) is 0 Å². The Hall–Kier alpha value is -0.570. The van der Waals surface area contributed by atoms with Crippen molar-refractivity contribution < 1.29 is 9.53 Å². The number of fused-ring (bicyclic) bond motifs is 2. The zero-order valence-electron chi connectivity index (χ0n) is 8.16. The second-order valence-corrected chi connectivity index (χ2v) is 4.32. The number of rotatable bonds is 2. The van der Waals surface area contributed by atoms with Crippen LogP contribution in [-0.4, -0.2) is 37.6 Å². The van der Waals surface area contributed by atoms with Crippen LogP contribution in [0.1, 0.15) is 19.3 Å². The van der Waals surface area contributed by atoms with Gasteiger partial charge in [-0.15, -0.1) is 0 Å². The van der Waals surface area contributed by atoms with Gasteiger partial charge in [-0.3, -0.25) is 9.69 Å². The molecule has 2 bridgehead atoms. The lowest BCUT2D eigenvalue weighted by atomic mass is 9.99. The van der Waals surface area contributed by atoms with Gasteiger partial charge in [0, 0.05) is 13.1 Å². The van der Waals surface area contributed by atoms with E-state index < -0.39 is 0 Å². The molecule has 2 unspecified atom stereocenters. The van der Waals surface area contributed by atoms with Crippen LogP contribution in [0.4, 0.5) is 0 Å². The number of nitrogens with zero attached hydrogens (tertiary/aromatic N) is 1. The summed E-state index contributed by atoms with van der Waals surface area (Å²) in [6, 6.07) is 0. The third-order valence-electron chi connectivity index (χ3n) is 3.26. The first-order chi connectivity index (χ1) is 6.28. The van der Waals surface area contributed by atoms with E-state index in [9.17, 15) is 4.79 Å². The van der Waals surface area contributed by atoms with Crippen LogP contribution < -0.4 is 0 Å². The van der Waals surface area contributed by atoms with E-state index in [0.717, 1.165) is 24.9 Å². The molecule has 1 aliphatic heterocycles. The van der Waals surface area contributed by atoms with Gasteiger partial charge in [0.25, 0.3) is 0 Å². The van der Waals surface area contributed by atoms with Crippen LogP contribution in [-0.2, 0) is 9.53 Å². The topological polar surface area (TPSA) is 29.5 Å². The first kappa shape index (κ1) is 9.00. The van der Waals surface area contributed by atoms with E-state index in [4.69, 9.17) is 0 Å². The molecule has 0 aromatic rings. The molecule has 3 nitrogen and oxygen atoms in total. The SMILES string of the molecule is COC(=O)CN1CC2CCC(C2)C1. The minimum Gasteiger partial charge on any atom is -0.468 e. The van der Waals surface area contributed by atoms with Gasteiger partial charge in [0.1, 0.15) is 0 Å². The summed E-state index contributed by atoms with van der Waals surface area (Å²) in [7, 11) is 1.46. The second kappa shape index (κ2) is 3.66. The van der Waals surface area contributed by atoms with Gasteiger partial charge in [-0.1, -0.05) is 0 Å². The minimum atomic E-state index is -0.0960. The smallest absolute Gasteiger partial charge is 0.319 e. The van der Waals surface area contributed by atoms with Crippen LogP contribution in [0.3, 0.4) is 0 Å². The maximum absolute atomic E-state index is 11.0. The molecule has 1 heterocycles. The highest BCUT2D eigenvalue weighted by Crippen LogP contribution is 2.35. The predicted molar refractivity (Wildman–Crippen MR) is 49.3 cm³/mol. The van der Waals surface area contributed by atoms with E-state index in [1.807, 2.05) is 0 Å². The number of carbonyl (C=O) groups is 1. The van der Waals surface area contributed by atoms with E-state index in [1.54, 1.807) is 0 Å². The molecule has 74 valence electrons. The largest absolute Gasteiger partial charge is 0.468 e. The molecule has 0 radical (unpaired) electrons. The highest BCUT2D eigenvalue weighted by Gasteiger charge is 2.33. The van der Waals surface area contributed by atoms with Gasteiger partial charge < -0.3 is 4.74 Å². The molecule has 13 heavy (non-hydrogen) atoms. The summed E-state index contributed by atoms with van der Waals surface area (Å²) in [4.78, 5) is 13.3. The van der Waals surface area contributed by atoms with Crippen molar-refractivity contribution >= 4 is 5.97 Å². The Morgan fingerprint density at radius 2 is 2.00 bits per heavy atom. The fraction of sp³-hybridized carbons (Fsp3) is 0.900. The maximum atomic E-state index is 11.0. The summed E-state index contributed by atoms with van der Waals surface area (Å²) in [5.74, 6) is 1.60. The lowest BCUT2D eigenvalue weighted by Crippen LogP contribution is -2.39. The van der Waals surface area contributed by atoms with Gasteiger partial charge in [0.05, 0.1) is 13.7 Å². The Morgan fingerprint density at radius 3 is 2.54 bits per heavy atom. The molecular weight excluding hydrogens is 166 g/mol. The van der Waals surface area contributed by atoms with Gasteiger partial charge in [-0.25, -0.2) is 0 Å². The van der Waals surface area contributed by atoms with Crippen molar-refractivity contribution in [1.29, 1.82) is 0 Å². The van der Waals surface area contributed by atoms with Crippen molar-refractivity contribution in [3.63, 3.8) is 0 Å². The summed E-state index contributed by atoms with van der Waals surface area (Å²) >= 11 is 0. The molecule has 0 aromatic carbocycles. The summed E-state index contributed by atoms with van der Waals surface area (Å²) < 4.78 is 4.66. The molecule has 0 spiro atoms. The van der Waals surface area contributed by atoms with Crippen molar-refractivity contribution in [2.45, 2.75) is 19.3 Å². The van der Waals surface area contributed by atoms with Crippen molar-refractivity contribution in [3.05, 3.63) is 0 Å². The summed E-state index contributed by atoms with van der Waals surface area (Å²) in [5, 5.41) is 0. The third kappa shape index (κ3) is 2.02. The molecule has 2 aliphatic rings. The summed E-state index contributed by atoms with van der Waals surface area (Å²) in [6.45, 7) is 2.70. The maximum Gasteiger partial charge on any atom is 0.319 e. The highest BCUT2D eigenvalue weighted by atomic mass is 16.5. The average Bonchev–Trinajstić information content (AvgIpc) is 2.46. The fourth-order valence-electron chi connectivity index (χ4n) is 2.69. The van der Waals surface area contributed by atoms with E-state index in [1.165, 1.54) is 26.4 Å². The quantitative estimate of drug-likeness (QED) is 0.595. The monoisotopic (exact) mass is 183 g/mol. The molecule has 2 atom stereocenters. The Kier molecular flexibility index (Phi) is 2.54. The van der Waals surface area contributed by atoms with Crippen molar-refractivity contribution in [1.82, 2.24) is 4.90 Å². The molecule has 1 saturated carbocycles. The Balaban J connectivity index is 1.85. The van der Waals surface area contributed by atoms with Crippen LogP contribution in [0.5, 0.6) is 0 Å². The minimum absolute atomic E-state index is 0.0960. The zero-order chi connectivity index (χ0) is 9.26. The van der Waals surface area contributed by atoms with Gasteiger partial charge in [-0.2, -0.15) is 0 Å². The fourth-order valence-corrected chi connectivity index (χ4v) is 2.69. The number of likely N-dealkylation sites (tertiary alicyclic amines) is 1. The lowest BCUT2D eigenvalue weighted by molar-refractivity contribution is -0.142. The summed E-state index contributed by atoms with van der Waals surface area (Å²) in [6.07, 6.45) is 4.11. The van der Waals surface area contributed by atoms with Crippen molar-refractivity contribution in [2.24, 2.45) is 11.8 Å².